The second-order valence-corrected chi connectivity index (χ2v) is 9.31. The van der Waals surface area contributed by atoms with Gasteiger partial charge in [-0.25, -0.2) is 0 Å². The molecule has 21 heavy (non-hydrogen) atoms. The molecule has 0 aliphatic heterocycles. The summed E-state index contributed by atoms with van der Waals surface area (Å²) in [6.07, 6.45) is 5.66. The summed E-state index contributed by atoms with van der Waals surface area (Å²) in [4.78, 5) is 0. The predicted octanol–water partition coefficient (Wildman–Crippen LogP) is 4.63. The fourth-order valence-corrected chi connectivity index (χ4v) is 4.53. The van der Waals surface area contributed by atoms with Gasteiger partial charge in [-0.2, -0.15) is 0 Å². The van der Waals surface area contributed by atoms with Crippen LogP contribution >= 0.6 is 0 Å². The molecule has 2 saturated carbocycles. The van der Waals surface area contributed by atoms with Crippen LogP contribution < -0.4 is 5.32 Å². The molecule has 1 N–H and O–H groups in total. The lowest BCUT2D eigenvalue weighted by Gasteiger charge is -2.40. The first-order valence-corrected chi connectivity index (χ1v) is 8.98. The van der Waals surface area contributed by atoms with Crippen molar-refractivity contribution in [3.05, 3.63) is 0 Å². The van der Waals surface area contributed by atoms with Crippen molar-refractivity contribution in [3.8, 4) is 0 Å². The Labute approximate surface area is 132 Å². The number of rotatable bonds is 6. The molecule has 0 aromatic carbocycles. The number of hydrogen-bond acceptors (Lipinski definition) is 2. The van der Waals surface area contributed by atoms with Crippen molar-refractivity contribution >= 4 is 0 Å². The van der Waals surface area contributed by atoms with Gasteiger partial charge in [0.05, 0.1) is 12.7 Å². The second kappa shape index (κ2) is 5.85. The van der Waals surface area contributed by atoms with Crippen LogP contribution in [0.4, 0.5) is 0 Å². The summed E-state index contributed by atoms with van der Waals surface area (Å²) in [6.45, 7) is 18.5. The van der Waals surface area contributed by atoms with Gasteiger partial charge in [0.1, 0.15) is 0 Å². The summed E-state index contributed by atoms with van der Waals surface area (Å²) < 4.78 is 6.50. The van der Waals surface area contributed by atoms with Crippen LogP contribution in [-0.4, -0.2) is 25.3 Å². The molecule has 2 bridgehead atoms. The molecule has 2 aliphatic rings. The third kappa shape index (κ3) is 3.03. The average molecular weight is 296 g/mol. The van der Waals surface area contributed by atoms with Crippen LogP contribution in [0.25, 0.3) is 0 Å². The van der Waals surface area contributed by atoms with E-state index < -0.39 is 0 Å². The van der Waals surface area contributed by atoms with Crippen LogP contribution in [-0.2, 0) is 4.74 Å². The molecule has 2 nitrogen and oxygen atoms in total. The van der Waals surface area contributed by atoms with Gasteiger partial charge < -0.3 is 10.1 Å². The topological polar surface area (TPSA) is 21.3 Å². The lowest BCUT2D eigenvalue weighted by atomic mass is 9.70. The Kier molecular flexibility index (Phi) is 4.81. The van der Waals surface area contributed by atoms with Crippen molar-refractivity contribution in [2.75, 3.05) is 13.2 Å². The molecule has 2 heteroatoms. The Hall–Kier alpha value is -0.0800. The van der Waals surface area contributed by atoms with Gasteiger partial charge in [-0.3, -0.25) is 0 Å². The highest BCUT2D eigenvalue weighted by Crippen LogP contribution is 2.66. The van der Waals surface area contributed by atoms with Gasteiger partial charge in [-0.05, 0) is 54.4 Å². The highest BCUT2D eigenvalue weighted by atomic mass is 16.5. The van der Waals surface area contributed by atoms with Crippen LogP contribution in [0, 0.1) is 22.2 Å². The maximum atomic E-state index is 6.50. The van der Waals surface area contributed by atoms with E-state index in [1.807, 2.05) is 0 Å². The van der Waals surface area contributed by atoms with Gasteiger partial charge in [0.2, 0.25) is 0 Å². The molecule has 0 heterocycles. The molecule has 0 aromatic heterocycles. The minimum Gasteiger partial charge on any atom is -0.376 e. The quantitative estimate of drug-likeness (QED) is 0.771. The molecule has 0 aromatic rings. The Bertz CT molecular complexity index is 357. The Morgan fingerprint density at radius 3 is 2.33 bits per heavy atom. The van der Waals surface area contributed by atoms with E-state index in [-0.39, 0.29) is 5.41 Å². The highest BCUT2D eigenvalue weighted by molar-refractivity contribution is 5.11. The Morgan fingerprint density at radius 1 is 1.24 bits per heavy atom. The highest BCUT2D eigenvalue weighted by Gasteiger charge is 2.61. The third-order valence-electron chi connectivity index (χ3n) is 6.86. The van der Waals surface area contributed by atoms with Gasteiger partial charge in [0, 0.05) is 6.04 Å². The average Bonchev–Trinajstić information content (AvgIpc) is 2.70. The minimum atomic E-state index is 0.253. The van der Waals surface area contributed by atoms with E-state index >= 15 is 0 Å². The van der Waals surface area contributed by atoms with E-state index in [4.69, 9.17) is 4.74 Å². The first-order chi connectivity index (χ1) is 9.63. The van der Waals surface area contributed by atoms with Crippen LogP contribution in [0.5, 0.6) is 0 Å². The molecule has 0 spiro atoms. The van der Waals surface area contributed by atoms with Crippen LogP contribution in [0.3, 0.4) is 0 Å². The molecule has 0 amide bonds. The maximum Gasteiger partial charge on any atom is 0.0637 e. The predicted molar refractivity (Wildman–Crippen MR) is 90.5 cm³/mol. The van der Waals surface area contributed by atoms with Gasteiger partial charge in [0.25, 0.3) is 0 Å². The zero-order valence-corrected chi connectivity index (χ0v) is 15.4. The Balaban J connectivity index is 1.96. The van der Waals surface area contributed by atoms with Crippen molar-refractivity contribution < 1.29 is 4.74 Å². The lowest BCUT2D eigenvalue weighted by molar-refractivity contribution is -0.0623. The molecule has 2 rings (SSSR count). The molecular weight excluding hydrogens is 258 g/mol. The maximum absolute atomic E-state index is 6.50. The molecule has 4 unspecified atom stereocenters. The number of hydrogen-bond donors (Lipinski definition) is 1. The number of nitrogens with one attached hydrogen (secondary N) is 1. The molecular formula is C19H37NO. The number of ether oxygens (including phenoxy) is 1. The molecule has 2 fully saturated rings. The van der Waals surface area contributed by atoms with E-state index in [0.717, 1.165) is 19.1 Å². The molecule has 0 saturated heterocycles. The smallest absolute Gasteiger partial charge is 0.0637 e. The van der Waals surface area contributed by atoms with Crippen molar-refractivity contribution in [2.24, 2.45) is 22.2 Å². The first kappa shape index (κ1) is 17.3. The monoisotopic (exact) mass is 295 g/mol. The summed E-state index contributed by atoms with van der Waals surface area (Å²) in [5, 5.41) is 3.69. The van der Waals surface area contributed by atoms with Crippen LogP contribution in [0.15, 0.2) is 0 Å². The van der Waals surface area contributed by atoms with Gasteiger partial charge in [-0.15, -0.1) is 0 Å². The minimum absolute atomic E-state index is 0.253. The standard InChI is InChI=1S/C19H37NO/c1-8-11-20-15(17(2,3)4)13-21-16-12-14-9-10-19(16,7)18(14,5)6/h14-16,20H,8-13H2,1-7H3. The van der Waals surface area contributed by atoms with Crippen LogP contribution in [0.1, 0.15) is 74.1 Å². The fraction of sp³-hybridized carbons (Fsp3) is 1.00. The SMILES string of the molecule is CCCNC(COC1CC2CCC1(C)C2(C)C)C(C)(C)C. The fourth-order valence-electron chi connectivity index (χ4n) is 4.53. The molecule has 4 atom stereocenters. The molecule has 0 radical (unpaired) electrons. The van der Waals surface area contributed by atoms with E-state index in [1.54, 1.807) is 0 Å². The zero-order valence-electron chi connectivity index (χ0n) is 15.4. The first-order valence-electron chi connectivity index (χ1n) is 8.98. The van der Waals surface area contributed by atoms with Crippen molar-refractivity contribution in [1.29, 1.82) is 0 Å². The van der Waals surface area contributed by atoms with Gasteiger partial charge in [-0.1, -0.05) is 48.5 Å². The Morgan fingerprint density at radius 2 is 1.90 bits per heavy atom. The molecule has 124 valence electrons. The van der Waals surface area contributed by atoms with E-state index in [9.17, 15) is 0 Å². The summed E-state index contributed by atoms with van der Waals surface area (Å²) >= 11 is 0. The summed E-state index contributed by atoms with van der Waals surface area (Å²) in [6, 6.07) is 0.447. The summed E-state index contributed by atoms with van der Waals surface area (Å²) in [7, 11) is 0. The van der Waals surface area contributed by atoms with E-state index in [0.29, 0.717) is 23.0 Å². The number of fused-ring (bicyclic) bond motifs is 2. The van der Waals surface area contributed by atoms with Crippen LogP contribution in [0.2, 0.25) is 0 Å². The summed E-state index contributed by atoms with van der Waals surface area (Å²) in [5.74, 6) is 0.865. The van der Waals surface area contributed by atoms with Crippen molar-refractivity contribution in [2.45, 2.75) is 86.3 Å². The zero-order chi connectivity index (χ0) is 15.9. The lowest BCUT2D eigenvalue weighted by Crippen LogP contribution is -2.46. The summed E-state index contributed by atoms with van der Waals surface area (Å²) in [5.41, 5.74) is 1.08. The van der Waals surface area contributed by atoms with Crippen molar-refractivity contribution in [3.63, 3.8) is 0 Å². The normalized spacial score (nSPS) is 36.1. The van der Waals surface area contributed by atoms with Gasteiger partial charge in [0.15, 0.2) is 0 Å². The second-order valence-electron chi connectivity index (χ2n) is 9.31. The largest absolute Gasteiger partial charge is 0.376 e. The molecule has 2 aliphatic carbocycles. The third-order valence-corrected chi connectivity index (χ3v) is 6.86. The van der Waals surface area contributed by atoms with Gasteiger partial charge >= 0.3 is 0 Å². The van der Waals surface area contributed by atoms with E-state index in [2.05, 4.69) is 53.8 Å². The van der Waals surface area contributed by atoms with Crippen molar-refractivity contribution in [1.82, 2.24) is 5.32 Å². The van der Waals surface area contributed by atoms with E-state index in [1.165, 1.54) is 25.7 Å².